The van der Waals surface area contributed by atoms with Crippen molar-refractivity contribution in [3.05, 3.63) is 10.1 Å². The first-order chi connectivity index (χ1) is 3.68. The summed E-state index contributed by atoms with van der Waals surface area (Å²) in [5, 5.41) is 16.6. The van der Waals surface area contributed by atoms with Crippen molar-refractivity contribution in [2.45, 2.75) is 0 Å². The van der Waals surface area contributed by atoms with Gasteiger partial charge in [-0.15, -0.1) is 5.34 Å². The average molecular weight is 231 g/mol. The second-order valence-corrected chi connectivity index (χ2v) is 0.672. The molecule has 0 aliphatic heterocycles. The minimum atomic E-state index is -0.968. The zero-order valence-electron chi connectivity index (χ0n) is 6.36. The molecular weight excluding hydrogens is 217 g/mol. The van der Waals surface area contributed by atoms with E-state index in [1.54, 1.807) is 0 Å². The van der Waals surface area contributed by atoms with Crippen LogP contribution in [0, 0.1) is 10.1 Å². The normalized spacial score (nSPS) is 4.08. The van der Waals surface area contributed by atoms with E-state index in [-0.39, 0.29) is 41.8 Å². The van der Waals surface area contributed by atoms with Gasteiger partial charge in [0.25, 0.3) is 0 Å². The van der Waals surface area contributed by atoms with Crippen molar-refractivity contribution >= 4 is 5.97 Å². The van der Waals surface area contributed by atoms with Crippen LogP contribution in [-0.2, 0) is 21.6 Å². The summed E-state index contributed by atoms with van der Waals surface area (Å²) < 4.78 is 0. The van der Waals surface area contributed by atoms with Crippen LogP contribution >= 0.6 is 0 Å². The number of aliphatic carboxylic acids is 1. The number of nitrogens with two attached hydrogens (primary N) is 1. The molecule has 0 aliphatic rings. The number of hydrogen-bond acceptors (Lipinski definition) is 8. The Balaban J connectivity index is -0.0000000119. The molecule has 0 saturated heterocycles. The summed E-state index contributed by atoms with van der Waals surface area (Å²) in [5.74, 6) is -0.968. The van der Waals surface area contributed by atoms with Gasteiger partial charge in [-0.1, -0.05) is 0 Å². The van der Waals surface area contributed by atoms with Crippen LogP contribution in [0.3, 0.4) is 0 Å². The Morgan fingerprint density at radius 2 is 1.50 bits per heavy atom. The van der Waals surface area contributed by atoms with Crippen molar-refractivity contribution in [1.29, 1.82) is 0 Å². The Morgan fingerprint density at radius 3 is 1.50 bits per heavy atom. The van der Waals surface area contributed by atoms with Crippen LogP contribution in [0.25, 0.3) is 0 Å². The summed E-state index contributed by atoms with van der Waals surface area (Å²) in [4.78, 5) is 17.2. The topological polar surface area (TPSA) is 221 Å². The molecule has 9 nitrogen and oxygen atoms in total. The summed E-state index contributed by atoms with van der Waals surface area (Å²) >= 11 is 0. The van der Waals surface area contributed by atoms with E-state index in [0.717, 1.165) is 5.34 Å². The van der Waals surface area contributed by atoms with Crippen LogP contribution < -0.4 is 24.2 Å². The van der Waals surface area contributed by atoms with E-state index in [9.17, 15) is 4.79 Å². The molecule has 12 N–H and O–H groups in total. The Kier molecular flexibility index (Phi) is 175. The molecule has 0 saturated carbocycles. The van der Waals surface area contributed by atoms with Gasteiger partial charge >= 0.3 is 5.97 Å². The summed E-state index contributed by atoms with van der Waals surface area (Å²) in [6.45, 7) is -0.278. The van der Waals surface area contributed by atoms with Gasteiger partial charge in [-0.2, -0.15) is 0 Å². The minimum absolute atomic E-state index is 0. The maximum atomic E-state index is 9.24. The van der Waals surface area contributed by atoms with Crippen LogP contribution in [0.5, 0.6) is 0 Å². The van der Waals surface area contributed by atoms with Gasteiger partial charge in [0.1, 0.15) is 0 Å². The van der Waals surface area contributed by atoms with Gasteiger partial charge in [-0.25, -0.2) is 0 Å². The fraction of sp³-hybridized carbons (Fsp3) is 0.500. The smallest absolute Gasteiger partial charge is 0.317 e. The summed E-state index contributed by atoms with van der Waals surface area (Å²) in [6.07, 6.45) is 0. The fourth-order valence-corrected chi connectivity index (χ4v) is 0. The van der Waals surface area contributed by atoms with Crippen molar-refractivity contribution in [3.8, 4) is 0 Å². The second kappa shape index (κ2) is 48.8. The molecule has 0 unspecified atom stereocenters. The SMILES string of the molecule is N.N.N.NCC(=O)O.O=N[O-].[Co]. The van der Waals surface area contributed by atoms with Crippen molar-refractivity contribution in [1.82, 2.24) is 18.5 Å². The van der Waals surface area contributed by atoms with Gasteiger partial charge in [0.05, 0.1) is 6.54 Å². The minimum Gasteiger partial charge on any atom is -0.480 e. The van der Waals surface area contributed by atoms with Crippen LogP contribution in [0.1, 0.15) is 0 Å². The number of nitrogens with zero attached hydrogens (tertiary/aromatic N) is 1. The Labute approximate surface area is 79.6 Å². The third kappa shape index (κ3) is 420. The van der Waals surface area contributed by atoms with Crippen LogP contribution in [0.15, 0.2) is 5.34 Å². The number of carboxylic acid groups (broad SMARTS) is 1. The molecule has 10 heteroatoms. The van der Waals surface area contributed by atoms with Gasteiger partial charge in [-0.05, 0) is 0 Å². The van der Waals surface area contributed by atoms with Gasteiger partial charge < -0.3 is 39.4 Å². The van der Waals surface area contributed by atoms with Crippen molar-refractivity contribution < 1.29 is 26.7 Å². The van der Waals surface area contributed by atoms with E-state index in [1.165, 1.54) is 0 Å². The first kappa shape index (κ1) is 43.0. The summed E-state index contributed by atoms with van der Waals surface area (Å²) in [6, 6.07) is 0. The predicted molar refractivity (Wildman–Crippen MR) is 40.9 cm³/mol. The van der Waals surface area contributed by atoms with E-state index in [1.807, 2.05) is 0 Å². The van der Waals surface area contributed by atoms with E-state index < -0.39 is 5.97 Å². The predicted octanol–water partition coefficient (Wildman–Crippen LogP) is -0.236. The summed E-state index contributed by atoms with van der Waals surface area (Å²) in [5.41, 5.74) is 4.57. The molecule has 0 fully saturated rings. The van der Waals surface area contributed by atoms with E-state index in [4.69, 9.17) is 15.2 Å². The van der Waals surface area contributed by atoms with Crippen LogP contribution in [0.2, 0.25) is 0 Å². The third-order valence-corrected chi connectivity index (χ3v) is 0.175. The molecule has 0 spiro atoms. The molecule has 81 valence electrons. The first-order valence-corrected chi connectivity index (χ1v) is 1.55. The van der Waals surface area contributed by atoms with Crippen molar-refractivity contribution in [3.63, 3.8) is 0 Å². The third-order valence-electron chi connectivity index (χ3n) is 0.175. The van der Waals surface area contributed by atoms with Crippen molar-refractivity contribution in [2.75, 3.05) is 6.54 Å². The van der Waals surface area contributed by atoms with E-state index >= 15 is 0 Å². The standard InChI is InChI=1S/C2H5NO2.Co.HNO2.3H3N/c3-1-2(4)5;;2-1-3;;;/h1,3H2,(H,4,5);;(H,2,3);3*1H3/p-1. The molecule has 1 radical (unpaired) electrons. The van der Waals surface area contributed by atoms with Crippen LogP contribution in [0.4, 0.5) is 0 Å². The Morgan fingerprint density at radius 1 is 1.42 bits per heavy atom. The maximum absolute atomic E-state index is 9.24. The molecule has 0 rings (SSSR count). The first-order valence-electron chi connectivity index (χ1n) is 1.55. The van der Waals surface area contributed by atoms with E-state index in [0.29, 0.717) is 0 Å². The van der Waals surface area contributed by atoms with Crippen LogP contribution in [-0.4, -0.2) is 17.6 Å². The maximum Gasteiger partial charge on any atom is 0.317 e. The molecule has 0 aromatic heterocycles. The molecule has 12 heavy (non-hydrogen) atoms. The molecule has 0 heterocycles. The largest absolute Gasteiger partial charge is 0.480 e. The molecular formula is C2H14CoN5O4-. The van der Waals surface area contributed by atoms with Gasteiger partial charge in [-0.3, -0.25) is 4.79 Å². The van der Waals surface area contributed by atoms with E-state index in [2.05, 4.69) is 5.73 Å². The molecule has 0 amide bonds. The molecule has 0 aromatic rings. The second-order valence-electron chi connectivity index (χ2n) is 0.672. The number of hydrogen-bond donors (Lipinski definition) is 5. The van der Waals surface area contributed by atoms with Gasteiger partial charge in [0, 0.05) is 16.8 Å². The number of carbonyl (C=O) groups is 1. The fourth-order valence-electron chi connectivity index (χ4n) is 0. The Hall–Kier alpha value is -0.784. The van der Waals surface area contributed by atoms with Gasteiger partial charge in [0.2, 0.25) is 0 Å². The van der Waals surface area contributed by atoms with Gasteiger partial charge in [0.15, 0.2) is 0 Å². The zero-order valence-corrected chi connectivity index (χ0v) is 7.40. The molecule has 0 aromatic carbocycles. The number of rotatable bonds is 1. The quantitative estimate of drug-likeness (QED) is 0.298. The number of carboxylic acids is 1. The molecule has 0 aliphatic carbocycles. The average Bonchev–Trinajstić information content (AvgIpc) is 1.69. The zero-order chi connectivity index (χ0) is 6.99. The summed E-state index contributed by atoms with van der Waals surface area (Å²) in [7, 11) is 0. The molecule has 0 bridgehead atoms. The monoisotopic (exact) mass is 231 g/mol. The molecule has 0 atom stereocenters. The van der Waals surface area contributed by atoms with Crippen molar-refractivity contribution in [2.24, 2.45) is 11.1 Å². The Bertz CT molecular complexity index is 81.8.